The summed E-state index contributed by atoms with van der Waals surface area (Å²) in [4.78, 5) is 27.9. The van der Waals surface area contributed by atoms with E-state index in [4.69, 9.17) is 9.47 Å². The molecule has 0 saturated carbocycles. The fourth-order valence-electron chi connectivity index (χ4n) is 1.40. The Kier molecular flexibility index (Phi) is 5.23. The van der Waals surface area contributed by atoms with Crippen molar-refractivity contribution < 1.29 is 23.5 Å². The SMILES string of the molecule is CCOC(=O)c1ccc(N(C)C(=O)OC(C)(C)C)nc1F. The number of amides is 1. The molecule has 0 bridgehead atoms. The molecular formula is C14H19FN2O4. The van der Waals surface area contributed by atoms with Crippen LogP contribution in [-0.2, 0) is 9.47 Å². The Morgan fingerprint density at radius 3 is 2.43 bits per heavy atom. The van der Waals surface area contributed by atoms with E-state index in [-0.39, 0.29) is 18.0 Å². The summed E-state index contributed by atoms with van der Waals surface area (Å²) in [6, 6.07) is 2.57. The maximum Gasteiger partial charge on any atom is 0.415 e. The Bertz CT molecular complexity index is 540. The summed E-state index contributed by atoms with van der Waals surface area (Å²) in [7, 11) is 1.40. The van der Waals surface area contributed by atoms with Gasteiger partial charge in [0, 0.05) is 7.05 Å². The van der Waals surface area contributed by atoms with Crippen LogP contribution in [0, 0.1) is 5.95 Å². The number of carbonyl (C=O) groups is 2. The molecule has 116 valence electrons. The van der Waals surface area contributed by atoms with Gasteiger partial charge in [0.1, 0.15) is 17.0 Å². The lowest BCUT2D eigenvalue weighted by molar-refractivity contribution is 0.0519. The molecule has 0 aliphatic rings. The van der Waals surface area contributed by atoms with Crippen LogP contribution < -0.4 is 4.90 Å². The van der Waals surface area contributed by atoms with Crippen molar-refractivity contribution in [3.63, 3.8) is 0 Å². The largest absolute Gasteiger partial charge is 0.462 e. The predicted molar refractivity (Wildman–Crippen MR) is 74.8 cm³/mol. The van der Waals surface area contributed by atoms with E-state index in [2.05, 4.69) is 4.98 Å². The first-order chi connectivity index (χ1) is 9.65. The number of anilines is 1. The molecule has 0 aliphatic carbocycles. The number of rotatable bonds is 3. The highest BCUT2D eigenvalue weighted by molar-refractivity contribution is 5.90. The molecule has 0 aliphatic heterocycles. The van der Waals surface area contributed by atoms with Crippen molar-refractivity contribution in [2.24, 2.45) is 0 Å². The molecule has 0 aromatic carbocycles. The summed E-state index contributed by atoms with van der Waals surface area (Å²) in [5, 5.41) is 0. The van der Waals surface area contributed by atoms with Crippen LogP contribution in [0.3, 0.4) is 0 Å². The number of hydrogen-bond acceptors (Lipinski definition) is 5. The summed E-state index contributed by atoms with van der Waals surface area (Å²) in [5.41, 5.74) is -0.951. The van der Waals surface area contributed by atoms with Crippen molar-refractivity contribution in [1.29, 1.82) is 0 Å². The van der Waals surface area contributed by atoms with Gasteiger partial charge in [0.2, 0.25) is 5.95 Å². The molecule has 0 fully saturated rings. The molecule has 1 aromatic rings. The van der Waals surface area contributed by atoms with Crippen molar-refractivity contribution in [3.8, 4) is 0 Å². The number of carbonyl (C=O) groups excluding carboxylic acids is 2. The summed E-state index contributed by atoms with van der Waals surface area (Å²) in [5.74, 6) is -1.76. The van der Waals surface area contributed by atoms with Gasteiger partial charge in [0.15, 0.2) is 0 Å². The number of hydrogen-bond donors (Lipinski definition) is 0. The average Bonchev–Trinajstić information content (AvgIpc) is 2.35. The highest BCUT2D eigenvalue weighted by Gasteiger charge is 2.23. The molecule has 21 heavy (non-hydrogen) atoms. The third kappa shape index (κ3) is 4.70. The maximum absolute atomic E-state index is 13.8. The Balaban J connectivity index is 2.93. The lowest BCUT2D eigenvalue weighted by Gasteiger charge is -2.24. The lowest BCUT2D eigenvalue weighted by atomic mass is 10.2. The molecule has 0 spiro atoms. The van der Waals surface area contributed by atoms with Gasteiger partial charge >= 0.3 is 12.1 Å². The van der Waals surface area contributed by atoms with Crippen LogP contribution in [0.4, 0.5) is 15.0 Å². The number of esters is 1. The molecule has 0 unspecified atom stereocenters. The molecular weight excluding hydrogens is 279 g/mol. The summed E-state index contributed by atoms with van der Waals surface area (Å²) in [6.45, 7) is 6.91. The second-order valence-electron chi connectivity index (χ2n) is 5.27. The van der Waals surface area contributed by atoms with Crippen LogP contribution in [0.25, 0.3) is 0 Å². The third-order valence-corrected chi connectivity index (χ3v) is 2.34. The molecule has 1 amide bonds. The van der Waals surface area contributed by atoms with Gasteiger partial charge in [-0.05, 0) is 39.8 Å². The van der Waals surface area contributed by atoms with E-state index in [1.807, 2.05) is 0 Å². The van der Waals surface area contributed by atoms with Gasteiger partial charge in [-0.15, -0.1) is 0 Å². The van der Waals surface area contributed by atoms with E-state index in [0.717, 1.165) is 4.90 Å². The standard InChI is InChI=1S/C14H19FN2O4/c1-6-20-12(18)9-7-8-10(16-11(9)15)17(5)13(19)21-14(2,3)4/h7-8H,6H2,1-5H3. The molecule has 1 aromatic heterocycles. The number of halogens is 1. The normalized spacial score (nSPS) is 11.0. The quantitative estimate of drug-likeness (QED) is 0.634. The van der Waals surface area contributed by atoms with Crippen LogP contribution in [0.15, 0.2) is 12.1 Å². The number of nitrogens with zero attached hydrogens (tertiary/aromatic N) is 2. The van der Waals surface area contributed by atoms with E-state index in [9.17, 15) is 14.0 Å². The highest BCUT2D eigenvalue weighted by Crippen LogP contribution is 2.17. The zero-order chi connectivity index (χ0) is 16.2. The van der Waals surface area contributed by atoms with Crippen molar-refractivity contribution in [1.82, 2.24) is 4.98 Å². The van der Waals surface area contributed by atoms with Crippen LogP contribution in [0.5, 0.6) is 0 Å². The number of aromatic nitrogens is 1. The van der Waals surface area contributed by atoms with Gasteiger partial charge in [-0.25, -0.2) is 14.6 Å². The molecule has 0 saturated heterocycles. The van der Waals surface area contributed by atoms with Gasteiger partial charge in [-0.2, -0.15) is 4.39 Å². The minimum Gasteiger partial charge on any atom is -0.462 e. The monoisotopic (exact) mass is 298 g/mol. The lowest BCUT2D eigenvalue weighted by Crippen LogP contribution is -2.34. The molecule has 0 radical (unpaired) electrons. The van der Waals surface area contributed by atoms with Crippen molar-refractivity contribution in [2.45, 2.75) is 33.3 Å². The fourth-order valence-corrected chi connectivity index (χ4v) is 1.40. The average molecular weight is 298 g/mol. The van der Waals surface area contributed by atoms with Gasteiger partial charge in [-0.3, -0.25) is 4.90 Å². The smallest absolute Gasteiger partial charge is 0.415 e. The Labute approximate surface area is 122 Å². The minimum atomic E-state index is -0.999. The summed E-state index contributed by atoms with van der Waals surface area (Å²) >= 11 is 0. The Morgan fingerprint density at radius 1 is 1.33 bits per heavy atom. The van der Waals surface area contributed by atoms with Gasteiger partial charge < -0.3 is 9.47 Å². The molecule has 1 heterocycles. The zero-order valence-corrected chi connectivity index (χ0v) is 12.8. The minimum absolute atomic E-state index is 0.0369. The van der Waals surface area contributed by atoms with Crippen LogP contribution in [0.1, 0.15) is 38.1 Å². The van der Waals surface area contributed by atoms with E-state index in [0.29, 0.717) is 0 Å². The van der Waals surface area contributed by atoms with E-state index in [1.165, 1.54) is 19.2 Å². The molecule has 6 nitrogen and oxygen atoms in total. The fraction of sp³-hybridized carbons (Fsp3) is 0.500. The van der Waals surface area contributed by atoms with E-state index >= 15 is 0 Å². The Hall–Kier alpha value is -2.18. The second-order valence-corrected chi connectivity index (χ2v) is 5.27. The first-order valence-electron chi connectivity index (χ1n) is 6.46. The Morgan fingerprint density at radius 2 is 1.95 bits per heavy atom. The molecule has 1 rings (SSSR count). The van der Waals surface area contributed by atoms with Crippen molar-refractivity contribution in [3.05, 3.63) is 23.6 Å². The molecule has 0 N–H and O–H groups in total. The number of ether oxygens (including phenoxy) is 2. The first-order valence-corrected chi connectivity index (χ1v) is 6.46. The van der Waals surface area contributed by atoms with Crippen molar-refractivity contribution >= 4 is 17.9 Å². The molecule has 0 atom stereocenters. The second kappa shape index (κ2) is 6.51. The topological polar surface area (TPSA) is 68.7 Å². The zero-order valence-electron chi connectivity index (χ0n) is 12.8. The van der Waals surface area contributed by atoms with E-state index < -0.39 is 23.6 Å². The van der Waals surface area contributed by atoms with Gasteiger partial charge in [0.25, 0.3) is 0 Å². The van der Waals surface area contributed by atoms with Crippen molar-refractivity contribution in [2.75, 3.05) is 18.6 Å². The van der Waals surface area contributed by atoms with Gasteiger partial charge in [-0.1, -0.05) is 0 Å². The van der Waals surface area contributed by atoms with Crippen LogP contribution >= 0.6 is 0 Å². The predicted octanol–water partition coefficient (Wildman–Crippen LogP) is 2.77. The number of pyridine rings is 1. The van der Waals surface area contributed by atoms with Crippen LogP contribution in [0.2, 0.25) is 0 Å². The summed E-state index contributed by atoms with van der Waals surface area (Å²) < 4.78 is 23.6. The molecule has 7 heteroatoms. The van der Waals surface area contributed by atoms with E-state index in [1.54, 1.807) is 27.7 Å². The first kappa shape index (κ1) is 16.9. The maximum atomic E-state index is 13.8. The van der Waals surface area contributed by atoms with Crippen LogP contribution in [-0.4, -0.2) is 36.3 Å². The van der Waals surface area contributed by atoms with Gasteiger partial charge in [0.05, 0.1) is 6.61 Å². The summed E-state index contributed by atoms with van der Waals surface area (Å²) in [6.07, 6.45) is -0.668. The highest BCUT2D eigenvalue weighted by atomic mass is 19.1. The third-order valence-electron chi connectivity index (χ3n) is 2.34.